The first kappa shape index (κ1) is 23.3. The largest absolute Gasteiger partial charge is 0.486 e. The highest BCUT2D eigenvalue weighted by Crippen LogP contribution is 2.33. The number of nitrogens with two attached hydrogens (primary N) is 1. The number of anilines is 2. The van der Waals surface area contributed by atoms with E-state index >= 15 is 0 Å². The summed E-state index contributed by atoms with van der Waals surface area (Å²) in [4.78, 5) is 13.1. The lowest BCUT2D eigenvalue weighted by Crippen LogP contribution is -2.44. The van der Waals surface area contributed by atoms with Crippen LogP contribution in [-0.2, 0) is 0 Å². The minimum atomic E-state index is -0.414. The van der Waals surface area contributed by atoms with E-state index in [-0.39, 0.29) is 5.71 Å². The van der Waals surface area contributed by atoms with Crippen LogP contribution in [0.5, 0.6) is 5.75 Å². The quantitative estimate of drug-likeness (QED) is 0.390. The Kier molecular flexibility index (Phi) is 7.02. The van der Waals surface area contributed by atoms with Gasteiger partial charge in [-0.05, 0) is 44.3 Å². The normalized spacial score (nSPS) is 15.3. The van der Waals surface area contributed by atoms with E-state index in [0.717, 1.165) is 32.0 Å². The zero-order valence-corrected chi connectivity index (χ0v) is 20.1. The maximum Gasteiger partial charge on any atom is 0.128 e. The summed E-state index contributed by atoms with van der Waals surface area (Å²) in [6, 6.07) is 9.12. The minimum absolute atomic E-state index is 0.281. The Bertz CT molecular complexity index is 1130. The fourth-order valence-corrected chi connectivity index (χ4v) is 4.48. The van der Waals surface area contributed by atoms with Gasteiger partial charge in [-0.15, -0.1) is 0 Å². The number of aromatic nitrogens is 2. The zero-order valence-electron chi connectivity index (χ0n) is 18.6. The van der Waals surface area contributed by atoms with Gasteiger partial charge in [-0.25, -0.2) is 4.98 Å². The third-order valence-corrected chi connectivity index (χ3v) is 6.37. The summed E-state index contributed by atoms with van der Waals surface area (Å²) in [6.45, 7) is 5.76. The molecule has 0 unspecified atom stereocenters. The maximum absolute atomic E-state index is 8.72. The number of nitrogens with zero attached hydrogens (tertiary/aromatic N) is 4. The molecule has 0 amide bonds. The molecule has 172 valence electrons. The molecule has 9 heteroatoms. The fraction of sp³-hybridized carbons (Fsp3) is 0.292. The second kappa shape index (κ2) is 9.95. The van der Waals surface area contributed by atoms with Gasteiger partial charge in [0.25, 0.3) is 0 Å². The van der Waals surface area contributed by atoms with E-state index in [1.54, 1.807) is 24.4 Å². The highest BCUT2D eigenvalue weighted by Gasteiger charge is 2.19. The van der Waals surface area contributed by atoms with Crippen molar-refractivity contribution in [3.63, 3.8) is 0 Å². The molecule has 4 rings (SSSR count). The number of rotatable bonds is 6. The lowest BCUT2D eigenvalue weighted by atomic mass is 10.0. The Balaban J connectivity index is 1.52. The Morgan fingerprint density at radius 1 is 1.06 bits per heavy atom. The van der Waals surface area contributed by atoms with Crippen LogP contribution < -0.4 is 15.4 Å². The van der Waals surface area contributed by atoms with Crippen LogP contribution in [0.1, 0.15) is 29.7 Å². The van der Waals surface area contributed by atoms with Crippen molar-refractivity contribution in [3.8, 4) is 5.75 Å². The van der Waals surface area contributed by atoms with Gasteiger partial charge in [0.05, 0.1) is 15.8 Å². The first-order valence-corrected chi connectivity index (χ1v) is 11.4. The molecule has 1 aliphatic rings. The van der Waals surface area contributed by atoms with Gasteiger partial charge in [0.1, 0.15) is 17.7 Å². The van der Waals surface area contributed by atoms with Gasteiger partial charge in [-0.1, -0.05) is 23.2 Å². The molecule has 1 aromatic carbocycles. The molecular weight excluding hydrogens is 459 g/mol. The summed E-state index contributed by atoms with van der Waals surface area (Å²) >= 11 is 12.5. The van der Waals surface area contributed by atoms with Crippen LogP contribution in [-0.4, -0.2) is 53.8 Å². The molecule has 33 heavy (non-hydrogen) atoms. The summed E-state index contributed by atoms with van der Waals surface area (Å²) in [7, 11) is 2.12. The minimum Gasteiger partial charge on any atom is -0.486 e. The number of benzene rings is 1. The number of pyridine rings is 2. The van der Waals surface area contributed by atoms with Crippen LogP contribution in [0.4, 0.5) is 11.5 Å². The molecule has 1 fully saturated rings. The number of likely N-dealkylation sites (N-methyl/N-ethyl adjacent to an activating group) is 1. The van der Waals surface area contributed by atoms with Gasteiger partial charge in [0.15, 0.2) is 0 Å². The number of hydrogen-bond acceptors (Lipinski definition) is 7. The molecule has 0 saturated carbocycles. The molecule has 0 radical (unpaired) electrons. The maximum atomic E-state index is 8.72. The predicted molar refractivity (Wildman–Crippen MR) is 134 cm³/mol. The second-order valence-electron chi connectivity index (χ2n) is 8.10. The Morgan fingerprint density at radius 2 is 1.76 bits per heavy atom. The van der Waals surface area contributed by atoms with E-state index < -0.39 is 6.10 Å². The Labute approximate surface area is 203 Å². The van der Waals surface area contributed by atoms with Crippen molar-refractivity contribution in [2.45, 2.75) is 13.0 Å². The number of nitrogen functional groups attached to an aromatic ring is 1. The fourth-order valence-electron chi connectivity index (χ4n) is 3.81. The van der Waals surface area contributed by atoms with Crippen molar-refractivity contribution in [1.29, 1.82) is 5.41 Å². The molecular formula is C24H26Cl2N6O. The monoisotopic (exact) mass is 484 g/mol. The smallest absolute Gasteiger partial charge is 0.128 e. The molecule has 3 aromatic rings. The van der Waals surface area contributed by atoms with Crippen LogP contribution in [0.15, 0.2) is 48.9 Å². The Morgan fingerprint density at radius 3 is 2.39 bits per heavy atom. The molecule has 3 heterocycles. The van der Waals surface area contributed by atoms with Gasteiger partial charge in [-0.2, -0.15) is 0 Å². The van der Waals surface area contributed by atoms with Crippen LogP contribution in [0.2, 0.25) is 10.0 Å². The standard InChI is InChI=1S/C24H26Cl2N6O/c1-15(23-19(25)13-29-14-20(23)26)33-17-4-5-21(27)18(11-17)24(28)16-3-6-22(30-12-16)32-9-7-31(2)8-10-32/h3-6,11-15,28H,7-10,27H2,1-2H3/t15-/m1/s1. The van der Waals surface area contributed by atoms with Gasteiger partial charge in [0.2, 0.25) is 0 Å². The van der Waals surface area contributed by atoms with Crippen LogP contribution in [0.3, 0.4) is 0 Å². The third-order valence-electron chi connectivity index (χ3n) is 5.77. The van der Waals surface area contributed by atoms with Crippen molar-refractivity contribution in [2.24, 2.45) is 0 Å². The molecule has 0 bridgehead atoms. The number of ether oxygens (including phenoxy) is 1. The third kappa shape index (κ3) is 5.21. The highest BCUT2D eigenvalue weighted by atomic mass is 35.5. The van der Waals surface area contributed by atoms with E-state index in [1.807, 2.05) is 19.1 Å². The van der Waals surface area contributed by atoms with E-state index in [2.05, 4.69) is 26.8 Å². The first-order valence-electron chi connectivity index (χ1n) is 10.7. The highest BCUT2D eigenvalue weighted by molar-refractivity contribution is 6.35. The van der Waals surface area contributed by atoms with Gasteiger partial charge >= 0.3 is 0 Å². The molecule has 1 atom stereocenters. The molecule has 1 saturated heterocycles. The predicted octanol–water partition coefficient (Wildman–Crippen LogP) is 4.67. The van der Waals surface area contributed by atoms with Gasteiger partial charge in [0, 0.05) is 67.1 Å². The summed E-state index contributed by atoms with van der Waals surface area (Å²) in [5.41, 5.74) is 8.88. The van der Waals surface area contributed by atoms with Crippen LogP contribution in [0.25, 0.3) is 0 Å². The summed E-state index contributed by atoms with van der Waals surface area (Å²) in [5.74, 6) is 1.48. The van der Waals surface area contributed by atoms with Crippen molar-refractivity contribution < 1.29 is 4.74 Å². The first-order chi connectivity index (χ1) is 15.8. The van der Waals surface area contributed by atoms with E-state index in [9.17, 15) is 0 Å². The van der Waals surface area contributed by atoms with Crippen molar-refractivity contribution >= 4 is 40.4 Å². The zero-order chi connectivity index (χ0) is 23.5. The van der Waals surface area contributed by atoms with E-state index in [1.165, 1.54) is 12.4 Å². The number of hydrogen-bond donors (Lipinski definition) is 2. The molecule has 7 nitrogen and oxygen atoms in total. The molecule has 1 aliphatic heterocycles. The lowest BCUT2D eigenvalue weighted by molar-refractivity contribution is 0.227. The van der Waals surface area contributed by atoms with E-state index in [4.69, 9.17) is 39.1 Å². The lowest BCUT2D eigenvalue weighted by Gasteiger charge is -2.33. The molecule has 0 aliphatic carbocycles. The van der Waals surface area contributed by atoms with Crippen molar-refractivity contribution in [2.75, 3.05) is 43.9 Å². The molecule has 3 N–H and O–H groups in total. The second-order valence-corrected chi connectivity index (χ2v) is 8.91. The molecule has 0 spiro atoms. The Hall–Kier alpha value is -2.87. The number of halogens is 2. The number of nitrogens with one attached hydrogen (secondary N) is 1. The summed E-state index contributed by atoms with van der Waals surface area (Å²) in [6.07, 6.45) is 4.38. The number of piperazine rings is 1. The average molecular weight is 485 g/mol. The van der Waals surface area contributed by atoms with E-state index in [0.29, 0.717) is 38.2 Å². The van der Waals surface area contributed by atoms with Crippen LogP contribution in [0, 0.1) is 5.41 Å². The summed E-state index contributed by atoms with van der Waals surface area (Å²) < 4.78 is 6.08. The SMILES string of the molecule is C[C@@H](Oc1ccc(N)c(C(=N)c2ccc(N3CCN(C)CC3)nc2)c1)c1c(Cl)cncc1Cl. The summed E-state index contributed by atoms with van der Waals surface area (Å²) in [5, 5.41) is 9.59. The van der Waals surface area contributed by atoms with Crippen molar-refractivity contribution in [3.05, 3.63) is 75.7 Å². The van der Waals surface area contributed by atoms with Gasteiger partial charge < -0.3 is 20.3 Å². The van der Waals surface area contributed by atoms with Crippen molar-refractivity contribution in [1.82, 2.24) is 14.9 Å². The molecule has 2 aromatic heterocycles. The topological polar surface area (TPSA) is 91.4 Å². The average Bonchev–Trinajstić information content (AvgIpc) is 2.80. The van der Waals surface area contributed by atoms with Gasteiger partial charge in [-0.3, -0.25) is 10.4 Å². The van der Waals surface area contributed by atoms with Crippen LogP contribution >= 0.6 is 23.2 Å².